The van der Waals surface area contributed by atoms with Gasteiger partial charge in [0.25, 0.3) is 0 Å². The number of carboxylic acid groups (broad SMARTS) is 1. The molecule has 1 aliphatic carbocycles. The molecule has 11 heteroatoms. The van der Waals surface area contributed by atoms with E-state index in [1.807, 2.05) is 13.0 Å². The van der Waals surface area contributed by atoms with Gasteiger partial charge < -0.3 is 20.5 Å². The van der Waals surface area contributed by atoms with Crippen molar-refractivity contribution in [3.05, 3.63) is 63.0 Å². The number of fused-ring (bicyclic) bond motifs is 1. The fraction of sp³-hybridized carbons (Fsp3) is 0.367. The van der Waals surface area contributed by atoms with Crippen LogP contribution in [0.2, 0.25) is 0 Å². The number of aliphatic hydroxyl groups excluding tert-OH is 1. The Morgan fingerprint density at radius 1 is 1.17 bits per heavy atom. The van der Waals surface area contributed by atoms with Gasteiger partial charge in [-0.2, -0.15) is 0 Å². The summed E-state index contributed by atoms with van der Waals surface area (Å²) in [5, 5.41) is 28.5. The molecule has 0 radical (unpaired) electrons. The van der Waals surface area contributed by atoms with E-state index in [1.165, 1.54) is 17.5 Å². The molecule has 3 aromatic heterocycles. The number of H-pyrrole nitrogens is 1. The number of urea groups is 1. The van der Waals surface area contributed by atoms with Crippen LogP contribution in [-0.4, -0.2) is 50.3 Å². The lowest BCUT2D eigenvalue weighted by molar-refractivity contribution is 0.0695. The second-order valence-electron chi connectivity index (χ2n) is 10.8. The Morgan fingerprint density at radius 2 is 1.95 bits per heavy atom. The lowest BCUT2D eigenvalue weighted by Gasteiger charge is -2.22. The van der Waals surface area contributed by atoms with E-state index in [2.05, 4.69) is 39.8 Å². The second kappa shape index (κ2) is 11.8. The number of aromatic nitrogens is 3. The minimum atomic E-state index is -1.31. The largest absolute Gasteiger partial charge is 0.477 e. The van der Waals surface area contributed by atoms with Gasteiger partial charge in [-0.3, -0.25) is 10.1 Å². The minimum absolute atomic E-state index is 0.114. The van der Waals surface area contributed by atoms with Crippen LogP contribution < -0.4 is 16.1 Å². The average molecular weight is 576 g/mol. The van der Waals surface area contributed by atoms with Crippen LogP contribution >= 0.6 is 11.3 Å². The van der Waals surface area contributed by atoms with E-state index in [9.17, 15) is 24.6 Å². The maximum atomic E-state index is 13.2. The van der Waals surface area contributed by atoms with Crippen molar-refractivity contribution in [2.45, 2.75) is 51.9 Å². The minimum Gasteiger partial charge on any atom is -0.477 e. The molecule has 4 aromatic rings. The van der Waals surface area contributed by atoms with Crippen LogP contribution in [0.15, 0.2) is 40.8 Å². The maximum Gasteiger partial charge on any atom is 0.341 e. The first-order chi connectivity index (χ1) is 19.7. The van der Waals surface area contributed by atoms with E-state index >= 15 is 0 Å². The van der Waals surface area contributed by atoms with Crippen LogP contribution in [0.1, 0.15) is 73.5 Å². The third-order valence-corrected chi connectivity index (χ3v) is 8.11. The Kier molecular flexibility index (Phi) is 8.18. The Balaban J connectivity index is 1.76. The van der Waals surface area contributed by atoms with E-state index in [1.54, 1.807) is 18.3 Å². The summed E-state index contributed by atoms with van der Waals surface area (Å²) < 4.78 is 0. The first-order valence-corrected chi connectivity index (χ1v) is 14.6. The molecule has 214 valence electrons. The highest BCUT2D eigenvalue weighted by atomic mass is 32.1. The first-order valence-electron chi connectivity index (χ1n) is 13.7. The Labute approximate surface area is 240 Å². The van der Waals surface area contributed by atoms with Gasteiger partial charge in [-0.05, 0) is 61.4 Å². The number of carbonyl (C=O) groups is 2. The zero-order chi connectivity index (χ0) is 29.3. The van der Waals surface area contributed by atoms with Gasteiger partial charge in [-0.25, -0.2) is 19.6 Å². The van der Waals surface area contributed by atoms with Crippen LogP contribution in [0, 0.1) is 5.92 Å². The molecule has 5 N–H and O–H groups in total. The van der Waals surface area contributed by atoms with Crippen molar-refractivity contribution in [1.82, 2.24) is 20.3 Å². The highest BCUT2D eigenvalue weighted by Gasteiger charge is 2.28. The molecular formula is C30H33N5O5S. The van der Waals surface area contributed by atoms with Gasteiger partial charge in [-0.1, -0.05) is 13.8 Å². The number of hydrogen-bond acceptors (Lipinski definition) is 7. The molecule has 1 aliphatic rings. The van der Waals surface area contributed by atoms with Gasteiger partial charge in [0.15, 0.2) is 0 Å². The first kappa shape index (κ1) is 28.4. The van der Waals surface area contributed by atoms with Gasteiger partial charge in [0, 0.05) is 64.8 Å². The molecule has 10 nitrogen and oxygen atoms in total. The van der Waals surface area contributed by atoms with Crippen molar-refractivity contribution in [1.29, 1.82) is 0 Å². The number of anilines is 1. The van der Waals surface area contributed by atoms with E-state index in [-0.39, 0.29) is 35.4 Å². The molecule has 5 rings (SSSR count). The lowest BCUT2D eigenvalue weighted by Crippen LogP contribution is -2.28. The third kappa shape index (κ3) is 6.01. The maximum absolute atomic E-state index is 13.2. The molecule has 41 heavy (non-hydrogen) atoms. The summed E-state index contributed by atoms with van der Waals surface area (Å²) in [6.07, 6.45) is 5.74. The highest BCUT2D eigenvalue weighted by Crippen LogP contribution is 2.44. The molecule has 1 fully saturated rings. The predicted molar refractivity (Wildman–Crippen MR) is 160 cm³/mol. The van der Waals surface area contributed by atoms with Crippen molar-refractivity contribution in [2.24, 2.45) is 5.92 Å². The van der Waals surface area contributed by atoms with Crippen molar-refractivity contribution in [3.63, 3.8) is 0 Å². The number of nitrogens with zero attached hydrogens (tertiary/aromatic N) is 2. The van der Waals surface area contributed by atoms with Crippen molar-refractivity contribution in [3.8, 4) is 21.7 Å². The van der Waals surface area contributed by atoms with E-state index < -0.39 is 11.4 Å². The van der Waals surface area contributed by atoms with E-state index in [0.717, 1.165) is 34.7 Å². The zero-order valence-electron chi connectivity index (χ0n) is 23.2. The summed E-state index contributed by atoms with van der Waals surface area (Å²) in [7, 11) is 0. The van der Waals surface area contributed by atoms with Crippen molar-refractivity contribution >= 4 is 40.1 Å². The number of thiazole rings is 1. The molecule has 0 saturated heterocycles. The molecule has 0 spiro atoms. The second-order valence-corrected chi connectivity index (χ2v) is 11.6. The van der Waals surface area contributed by atoms with Crippen LogP contribution in [0.4, 0.5) is 10.6 Å². The van der Waals surface area contributed by atoms with Gasteiger partial charge in [0.1, 0.15) is 16.4 Å². The number of aromatic carboxylic acids is 1. The van der Waals surface area contributed by atoms with Crippen LogP contribution in [-0.2, 0) is 0 Å². The summed E-state index contributed by atoms with van der Waals surface area (Å²) in [6.45, 7) is 6.32. The molecule has 0 aliphatic heterocycles. The molecule has 2 amide bonds. The van der Waals surface area contributed by atoms with Crippen LogP contribution in [0.3, 0.4) is 0 Å². The van der Waals surface area contributed by atoms with Gasteiger partial charge in [-0.15, -0.1) is 11.3 Å². The fourth-order valence-electron chi connectivity index (χ4n) is 5.10. The normalized spacial score (nSPS) is 13.9. The van der Waals surface area contributed by atoms with Crippen molar-refractivity contribution in [2.75, 3.05) is 18.5 Å². The quantitative estimate of drug-likeness (QED) is 0.166. The molecular weight excluding hydrogens is 542 g/mol. The average Bonchev–Trinajstić information content (AvgIpc) is 3.67. The van der Waals surface area contributed by atoms with Gasteiger partial charge >= 0.3 is 12.0 Å². The number of rotatable bonds is 10. The number of benzene rings is 1. The molecule has 3 heterocycles. The number of pyridine rings is 2. The standard InChI is InChI=1S/C30H33N5O5S/c1-4-31-30(40)35-26-10-20(28-34-25(14-41-28)16-5-6-16)22(11-33-26)19-8-21-24(32-12-23(27(21)37)29(38)39)9-18(19)17(13-36)7-15(2)3/h8-12,14-17,36H,4-7,13H2,1-3H3,(H,32,37)(H,38,39)(H2,31,33,35,40). The zero-order valence-corrected chi connectivity index (χ0v) is 24.0. The summed E-state index contributed by atoms with van der Waals surface area (Å²) in [5.74, 6) is -0.494. The number of hydrogen-bond donors (Lipinski definition) is 5. The molecule has 1 unspecified atom stereocenters. The molecule has 1 saturated carbocycles. The number of carbonyl (C=O) groups excluding carboxylic acids is 1. The van der Waals surface area contributed by atoms with Crippen LogP contribution in [0.25, 0.3) is 32.6 Å². The number of nitrogens with one attached hydrogen (secondary N) is 3. The van der Waals surface area contributed by atoms with E-state index in [4.69, 9.17) is 4.98 Å². The molecule has 0 bridgehead atoms. The smallest absolute Gasteiger partial charge is 0.341 e. The summed E-state index contributed by atoms with van der Waals surface area (Å²) in [5.41, 5.74) is 3.40. The lowest BCUT2D eigenvalue weighted by atomic mass is 9.84. The Hall–Kier alpha value is -4.09. The Bertz CT molecular complexity index is 1670. The van der Waals surface area contributed by atoms with Crippen molar-refractivity contribution < 1.29 is 19.8 Å². The van der Waals surface area contributed by atoms with Crippen LogP contribution in [0.5, 0.6) is 0 Å². The predicted octanol–water partition coefficient (Wildman–Crippen LogP) is 5.55. The summed E-state index contributed by atoms with van der Waals surface area (Å²) in [6, 6.07) is 4.89. The monoisotopic (exact) mass is 575 g/mol. The fourth-order valence-corrected chi connectivity index (χ4v) is 6.03. The topological polar surface area (TPSA) is 157 Å². The third-order valence-electron chi connectivity index (χ3n) is 7.22. The Morgan fingerprint density at radius 3 is 2.61 bits per heavy atom. The van der Waals surface area contributed by atoms with Gasteiger partial charge in [0.2, 0.25) is 5.43 Å². The number of aromatic amines is 1. The SMILES string of the molecule is CCNC(=O)Nc1cc(-c2nc(C3CC3)cs2)c(-c2cc3c(=O)c(C(=O)O)c[nH]c3cc2C(CO)CC(C)C)cn1. The van der Waals surface area contributed by atoms with E-state index in [0.29, 0.717) is 41.3 Å². The number of aliphatic hydroxyl groups is 1. The summed E-state index contributed by atoms with van der Waals surface area (Å²) >= 11 is 1.50. The van der Waals surface area contributed by atoms with Gasteiger partial charge in [0.05, 0.1) is 5.69 Å². The number of carboxylic acids is 1. The number of amides is 2. The molecule has 1 aromatic carbocycles. The molecule has 1 atom stereocenters. The summed E-state index contributed by atoms with van der Waals surface area (Å²) in [4.78, 5) is 49.6. The highest BCUT2D eigenvalue weighted by molar-refractivity contribution is 7.13.